The Balaban J connectivity index is 2.19. The third-order valence-electron chi connectivity index (χ3n) is 4.05. The molecule has 1 aliphatic carbocycles. The molecule has 1 aromatic rings. The van der Waals surface area contributed by atoms with Crippen molar-refractivity contribution < 1.29 is 17.6 Å². The van der Waals surface area contributed by atoms with Crippen LogP contribution in [0.3, 0.4) is 0 Å². The van der Waals surface area contributed by atoms with E-state index in [1.165, 1.54) is 12.1 Å². The predicted octanol–water partition coefficient (Wildman–Crippen LogP) is 3.52. The minimum atomic E-state index is -3.99. The summed E-state index contributed by atoms with van der Waals surface area (Å²) in [7, 11) is 1.16. The van der Waals surface area contributed by atoms with Crippen LogP contribution >= 0.6 is 10.7 Å². The maximum Gasteiger partial charge on any atom is 0.261 e. The first-order valence-electron chi connectivity index (χ1n) is 6.66. The maximum atomic E-state index is 13.9. The van der Waals surface area contributed by atoms with Gasteiger partial charge in [-0.3, -0.25) is 4.79 Å². The summed E-state index contributed by atoms with van der Waals surface area (Å²) in [6.07, 6.45) is 2.70. The van der Waals surface area contributed by atoms with Crippen LogP contribution < -0.4 is 5.32 Å². The highest BCUT2D eigenvalue weighted by Gasteiger charge is 2.39. The fourth-order valence-corrected chi connectivity index (χ4v) is 3.54. The first kappa shape index (κ1) is 16.2. The van der Waals surface area contributed by atoms with Gasteiger partial charge in [0.1, 0.15) is 5.82 Å². The fraction of sp³-hybridized carbons (Fsp3) is 0.500. The molecule has 7 heteroatoms. The minimum absolute atomic E-state index is 0.0354. The molecule has 0 saturated heterocycles. The predicted molar refractivity (Wildman–Crippen MR) is 79.2 cm³/mol. The topological polar surface area (TPSA) is 63.2 Å². The number of anilines is 1. The van der Waals surface area contributed by atoms with E-state index in [-0.39, 0.29) is 27.8 Å². The Morgan fingerprint density at radius 3 is 2.57 bits per heavy atom. The second-order valence-electron chi connectivity index (χ2n) is 6.00. The molecule has 1 atom stereocenters. The van der Waals surface area contributed by atoms with Crippen molar-refractivity contribution in [1.82, 2.24) is 0 Å². The third-order valence-corrected chi connectivity index (χ3v) is 5.41. The fourth-order valence-electron chi connectivity index (χ4n) is 2.78. The van der Waals surface area contributed by atoms with Crippen LogP contribution in [0.2, 0.25) is 0 Å². The van der Waals surface area contributed by atoms with Crippen LogP contribution in [0.1, 0.15) is 33.1 Å². The Hall–Kier alpha value is -1.14. The summed E-state index contributed by atoms with van der Waals surface area (Å²) in [4.78, 5) is 11.9. The highest BCUT2D eigenvalue weighted by Crippen LogP contribution is 2.43. The monoisotopic (exact) mass is 333 g/mol. The van der Waals surface area contributed by atoms with Crippen LogP contribution in [0.5, 0.6) is 0 Å². The number of halogens is 2. The van der Waals surface area contributed by atoms with Crippen molar-refractivity contribution in [2.24, 2.45) is 11.3 Å². The van der Waals surface area contributed by atoms with Gasteiger partial charge in [-0.25, -0.2) is 12.8 Å². The van der Waals surface area contributed by atoms with Gasteiger partial charge in [-0.05, 0) is 36.5 Å². The molecule has 1 unspecified atom stereocenters. The average molecular weight is 334 g/mol. The Morgan fingerprint density at radius 1 is 1.43 bits per heavy atom. The normalized spacial score (nSPS) is 21.2. The van der Waals surface area contributed by atoms with Crippen molar-refractivity contribution in [2.75, 3.05) is 5.32 Å². The van der Waals surface area contributed by atoms with Crippen molar-refractivity contribution in [3.8, 4) is 0 Å². The van der Waals surface area contributed by atoms with Gasteiger partial charge in [0.25, 0.3) is 9.05 Å². The zero-order valence-electron chi connectivity index (χ0n) is 11.8. The molecular formula is C14H17ClFNO3S. The summed E-state index contributed by atoms with van der Waals surface area (Å²) in [5.41, 5.74) is -0.147. The summed E-state index contributed by atoms with van der Waals surface area (Å²) < 4.78 is 36.1. The molecule has 0 bridgehead atoms. The number of rotatable bonds is 3. The molecule has 0 aliphatic heterocycles. The number of hydrogen-bond acceptors (Lipinski definition) is 3. The van der Waals surface area contributed by atoms with Gasteiger partial charge in [-0.1, -0.05) is 20.3 Å². The lowest BCUT2D eigenvalue weighted by atomic mass is 9.81. The highest BCUT2D eigenvalue weighted by molar-refractivity contribution is 8.13. The molecule has 4 nitrogen and oxygen atoms in total. The molecule has 1 aliphatic rings. The SMILES string of the molecule is CC1(C)CCCC1C(=O)Nc1ccc(S(=O)(=O)Cl)cc1F. The first-order valence-corrected chi connectivity index (χ1v) is 8.97. The molecule has 21 heavy (non-hydrogen) atoms. The van der Waals surface area contributed by atoms with Crippen LogP contribution in [0.15, 0.2) is 23.1 Å². The maximum absolute atomic E-state index is 13.9. The van der Waals surface area contributed by atoms with Gasteiger partial charge < -0.3 is 5.32 Å². The van der Waals surface area contributed by atoms with Crippen LogP contribution in [0.25, 0.3) is 0 Å². The number of amides is 1. The van der Waals surface area contributed by atoms with Crippen molar-refractivity contribution >= 4 is 31.3 Å². The molecule has 1 amide bonds. The van der Waals surface area contributed by atoms with Crippen molar-refractivity contribution in [2.45, 2.75) is 38.0 Å². The molecule has 1 saturated carbocycles. The van der Waals surface area contributed by atoms with E-state index in [0.29, 0.717) is 0 Å². The van der Waals surface area contributed by atoms with E-state index in [2.05, 4.69) is 5.32 Å². The Kier molecular flexibility index (Phi) is 4.31. The van der Waals surface area contributed by atoms with E-state index < -0.39 is 14.9 Å². The van der Waals surface area contributed by atoms with E-state index in [1.54, 1.807) is 0 Å². The van der Waals surface area contributed by atoms with Gasteiger partial charge >= 0.3 is 0 Å². The standard InChI is InChI=1S/C14H17ClFNO3S/c1-14(2)7-3-4-10(14)13(18)17-12-6-5-9(8-11(12)16)21(15,19)20/h5-6,8,10H,3-4,7H2,1-2H3,(H,17,18). The van der Waals surface area contributed by atoms with Gasteiger partial charge in [-0.15, -0.1) is 0 Å². The molecule has 0 aromatic heterocycles. The smallest absolute Gasteiger partial charge is 0.261 e. The summed E-state index contributed by atoms with van der Waals surface area (Å²) in [6.45, 7) is 4.04. The molecule has 0 heterocycles. The summed E-state index contributed by atoms with van der Waals surface area (Å²) in [5, 5.41) is 2.53. The molecule has 1 N–H and O–H groups in total. The highest BCUT2D eigenvalue weighted by atomic mass is 35.7. The van der Waals surface area contributed by atoms with E-state index in [9.17, 15) is 17.6 Å². The lowest BCUT2D eigenvalue weighted by Gasteiger charge is -2.25. The third kappa shape index (κ3) is 3.55. The summed E-state index contributed by atoms with van der Waals surface area (Å²) >= 11 is 0. The molecule has 116 valence electrons. The van der Waals surface area contributed by atoms with Crippen LogP contribution in [-0.2, 0) is 13.8 Å². The zero-order valence-corrected chi connectivity index (χ0v) is 13.4. The Morgan fingerprint density at radius 2 is 2.10 bits per heavy atom. The lowest BCUT2D eigenvalue weighted by Crippen LogP contribution is -2.31. The van der Waals surface area contributed by atoms with Crippen LogP contribution in [0.4, 0.5) is 10.1 Å². The van der Waals surface area contributed by atoms with E-state index in [0.717, 1.165) is 25.3 Å². The average Bonchev–Trinajstić information content (AvgIpc) is 2.70. The second-order valence-corrected chi connectivity index (χ2v) is 8.57. The van der Waals surface area contributed by atoms with Gasteiger partial charge in [0, 0.05) is 16.6 Å². The van der Waals surface area contributed by atoms with Gasteiger partial charge in [0.2, 0.25) is 5.91 Å². The molecular weight excluding hydrogens is 317 g/mol. The number of carbonyl (C=O) groups is 1. The second kappa shape index (κ2) is 5.57. The quantitative estimate of drug-likeness (QED) is 0.861. The van der Waals surface area contributed by atoms with Crippen LogP contribution in [0, 0.1) is 17.2 Å². The lowest BCUT2D eigenvalue weighted by molar-refractivity contribution is -0.122. The summed E-state index contributed by atoms with van der Waals surface area (Å²) in [6, 6.07) is 3.18. The molecule has 2 rings (SSSR count). The van der Waals surface area contributed by atoms with Gasteiger partial charge in [-0.2, -0.15) is 0 Å². The Labute approximate surface area is 128 Å². The van der Waals surface area contributed by atoms with Crippen LogP contribution in [-0.4, -0.2) is 14.3 Å². The largest absolute Gasteiger partial charge is 0.323 e. The minimum Gasteiger partial charge on any atom is -0.323 e. The molecule has 0 radical (unpaired) electrons. The zero-order chi connectivity index (χ0) is 15.8. The van der Waals surface area contributed by atoms with E-state index in [1.807, 2.05) is 13.8 Å². The van der Waals surface area contributed by atoms with Crippen molar-refractivity contribution in [3.05, 3.63) is 24.0 Å². The van der Waals surface area contributed by atoms with E-state index in [4.69, 9.17) is 10.7 Å². The van der Waals surface area contributed by atoms with Crippen molar-refractivity contribution in [3.63, 3.8) is 0 Å². The van der Waals surface area contributed by atoms with Gasteiger partial charge in [0.05, 0.1) is 10.6 Å². The van der Waals surface area contributed by atoms with Crippen molar-refractivity contribution in [1.29, 1.82) is 0 Å². The molecule has 0 spiro atoms. The van der Waals surface area contributed by atoms with E-state index >= 15 is 0 Å². The first-order chi connectivity index (χ1) is 9.61. The Bertz CT molecular complexity index is 673. The number of nitrogens with one attached hydrogen (secondary N) is 1. The number of benzene rings is 1. The summed E-state index contributed by atoms with van der Waals surface area (Å²) in [5.74, 6) is -1.23. The molecule has 1 aromatic carbocycles. The number of carbonyl (C=O) groups excluding carboxylic acids is 1. The van der Waals surface area contributed by atoms with Gasteiger partial charge in [0.15, 0.2) is 0 Å². The number of hydrogen-bond donors (Lipinski definition) is 1. The molecule has 1 fully saturated rings.